The van der Waals surface area contributed by atoms with E-state index in [1.165, 1.54) is 30.6 Å². The summed E-state index contributed by atoms with van der Waals surface area (Å²) in [4.78, 5) is 14.6. The van der Waals surface area contributed by atoms with Crippen LogP contribution in [0, 0.1) is 5.92 Å². The van der Waals surface area contributed by atoms with Gasteiger partial charge in [-0.25, -0.2) is 12.7 Å². The second-order valence-electron chi connectivity index (χ2n) is 8.04. The second kappa shape index (κ2) is 8.99. The molecule has 3 fully saturated rings. The van der Waals surface area contributed by atoms with Crippen molar-refractivity contribution in [1.29, 1.82) is 0 Å². The summed E-state index contributed by atoms with van der Waals surface area (Å²) in [7, 11) is -0.575. The molecule has 2 N–H and O–H groups in total. The molecule has 0 spiro atoms. The second-order valence-corrected chi connectivity index (χ2v) is 10.1. The highest BCUT2D eigenvalue weighted by molar-refractivity contribution is 7.89. The van der Waals surface area contributed by atoms with Crippen LogP contribution in [0.4, 0.5) is 0 Å². The van der Waals surface area contributed by atoms with Crippen LogP contribution in [-0.4, -0.2) is 81.1 Å². The number of nitrogens with one attached hydrogen (secondary N) is 1. The fraction of sp³-hybridized carbons (Fsp3) is 0.650. The summed E-state index contributed by atoms with van der Waals surface area (Å²) in [5.74, 6) is 0.673. The third kappa shape index (κ3) is 5.09. The predicted molar refractivity (Wildman–Crippen MR) is 109 cm³/mol. The molecule has 3 heterocycles. The molecule has 1 unspecified atom stereocenters. The van der Waals surface area contributed by atoms with E-state index in [-0.39, 0.29) is 36.2 Å². The smallest absolute Gasteiger partial charge is 0.242 e. The molecule has 8 nitrogen and oxygen atoms in total. The Morgan fingerprint density at radius 1 is 1.31 bits per heavy atom. The van der Waals surface area contributed by atoms with Crippen molar-refractivity contribution in [1.82, 2.24) is 14.5 Å². The number of methoxy groups -OCH3 is 1. The maximum atomic E-state index is 12.6. The number of rotatable bonds is 9. The normalized spacial score (nSPS) is 26.5. The minimum atomic E-state index is -3.61. The van der Waals surface area contributed by atoms with Gasteiger partial charge in [-0.2, -0.15) is 0 Å². The molecule has 0 saturated carbocycles. The summed E-state index contributed by atoms with van der Waals surface area (Å²) in [6.45, 7) is 3.15. The van der Waals surface area contributed by atoms with Gasteiger partial charge in [-0.3, -0.25) is 4.79 Å². The van der Waals surface area contributed by atoms with Crippen molar-refractivity contribution >= 4 is 15.9 Å². The Kier molecular flexibility index (Phi) is 6.83. The lowest BCUT2D eigenvalue weighted by molar-refractivity contribution is -0.129. The third-order valence-corrected chi connectivity index (χ3v) is 7.95. The van der Waals surface area contributed by atoms with Crippen LogP contribution in [0.15, 0.2) is 29.2 Å². The van der Waals surface area contributed by atoms with E-state index < -0.39 is 15.6 Å². The molecule has 3 aliphatic rings. The summed E-state index contributed by atoms with van der Waals surface area (Å²) < 4.78 is 31.5. The maximum absolute atomic E-state index is 12.6. The number of sulfonamides is 1. The fourth-order valence-electron chi connectivity index (χ4n) is 4.20. The zero-order chi connectivity index (χ0) is 21.1. The number of hydrogen-bond donors (Lipinski definition) is 2. The van der Waals surface area contributed by atoms with Crippen molar-refractivity contribution in [3.63, 3.8) is 0 Å². The van der Waals surface area contributed by atoms with Crippen LogP contribution in [0.5, 0.6) is 5.75 Å². The molecule has 0 radical (unpaired) electrons. The van der Waals surface area contributed by atoms with E-state index in [1.54, 1.807) is 12.1 Å². The van der Waals surface area contributed by atoms with Gasteiger partial charge in [0.2, 0.25) is 15.9 Å². The average molecular weight is 426 g/mol. The Morgan fingerprint density at radius 2 is 1.97 bits per heavy atom. The molecule has 1 atom stereocenters. The van der Waals surface area contributed by atoms with Gasteiger partial charge in [0.15, 0.2) is 0 Å². The van der Waals surface area contributed by atoms with Gasteiger partial charge >= 0.3 is 0 Å². The topological polar surface area (TPSA) is 99.2 Å². The molecular formula is C20H31N3O5S. The number of hydrogen-bond acceptors (Lipinski definition) is 6. The van der Waals surface area contributed by atoms with E-state index in [2.05, 4.69) is 10.2 Å². The molecular weight excluding hydrogens is 394 g/mol. The van der Waals surface area contributed by atoms with Crippen molar-refractivity contribution in [2.75, 3.05) is 46.9 Å². The van der Waals surface area contributed by atoms with E-state index in [9.17, 15) is 18.3 Å². The van der Waals surface area contributed by atoms with Crippen molar-refractivity contribution < 1.29 is 23.1 Å². The molecule has 162 valence electrons. The van der Waals surface area contributed by atoms with E-state index in [1.807, 2.05) is 0 Å². The molecule has 3 saturated heterocycles. The highest BCUT2D eigenvalue weighted by Crippen LogP contribution is 2.35. The molecule has 1 aromatic rings. The van der Waals surface area contributed by atoms with Gasteiger partial charge in [-0.1, -0.05) is 0 Å². The number of amides is 1. The number of fused-ring (bicyclic) bond motifs is 3. The van der Waals surface area contributed by atoms with Crippen LogP contribution in [0.25, 0.3) is 0 Å². The lowest BCUT2D eigenvalue weighted by Gasteiger charge is -2.50. The first-order chi connectivity index (χ1) is 13.7. The van der Waals surface area contributed by atoms with Crippen LogP contribution in [0.3, 0.4) is 0 Å². The Bertz CT molecular complexity index is 806. The van der Waals surface area contributed by atoms with Crippen LogP contribution in [0.1, 0.15) is 25.7 Å². The van der Waals surface area contributed by atoms with Crippen molar-refractivity contribution in [3.8, 4) is 5.75 Å². The first-order valence-corrected chi connectivity index (χ1v) is 11.5. The lowest BCUT2D eigenvalue weighted by Crippen LogP contribution is -2.63. The lowest BCUT2D eigenvalue weighted by atomic mass is 9.75. The number of ether oxygens (including phenoxy) is 1. The first kappa shape index (κ1) is 22.0. The molecule has 0 aliphatic carbocycles. The summed E-state index contributed by atoms with van der Waals surface area (Å²) in [6.07, 6.45) is 2.57. The minimum absolute atomic E-state index is 0.162. The van der Waals surface area contributed by atoms with E-state index in [0.29, 0.717) is 18.7 Å². The quantitative estimate of drug-likeness (QED) is 0.603. The van der Waals surface area contributed by atoms with Gasteiger partial charge < -0.3 is 20.1 Å². The fourth-order valence-corrected chi connectivity index (χ4v) is 5.40. The van der Waals surface area contributed by atoms with Gasteiger partial charge in [0, 0.05) is 33.1 Å². The van der Waals surface area contributed by atoms with Crippen molar-refractivity contribution in [2.24, 2.45) is 5.92 Å². The first-order valence-electron chi connectivity index (χ1n) is 10.1. The Labute approximate surface area is 172 Å². The third-order valence-electron chi connectivity index (χ3n) is 6.08. The van der Waals surface area contributed by atoms with E-state index in [0.717, 1.165) is 25.9 Å². The summed E-state index contributed by atoms with van der Waals surface area (Å²) in [5, 5.41) is 13.7. The van der Waals surface area contributed by atoms with Crippen molar-refractivity contribution in [2.45, 2.75) is 36.2 Å². The Balaban J connectivity index is 1.43. The van der Waals surface area contributed by atoms with Gasteiger partial charge in [0.1, 0.15) is 5.75 Å². The summed E-state index contributed by atoms with van der Waals surface area (Å²) >= 11 is 0. The molecule has 0 aromatic heterocycles. The number of aliphatic hydroxyl groups is 1. The summed E-state index contributed by atoms with van der Waals surface area (Å²) in [6, 6.07) is 6.22. The highest BCUT2D eigenvalue weighted by atomic mass is 32.2. The predicted octanol–water partition coefficient (Wildman–Crippen LogP) is 0.669. The number of carbonyl (C=O) groups excluding carboxylic acids is 1. The van der Waals surface area contributed by atoms with Gasteiger partial charge in [-0.15, -0.1) is 0 Å². The molecule has 2 bridgehead atoms. The minimum Gasteiger partial charge on any atom is -0.497 e. The van der Waals surface area contributed by atoms with Crippen LogP contribution >= 0.6 is 0 Å². The molecule has 1 aromatic carbocycles. The average Bonchev–Trinajstić information content (AvgIpc) is 2.73. The molecule has 1 amide bonds. The van der Waals surface area contributed by atoms with E-state index in [4.69, 9.17) is 4.74 Å². The number of benzene rings is 1. The Hall–Kier alpha value is -1.68. The SMILES string of the molecule is COc1ccc(S(=O)(=O)N(C)CCCC(=O)NCC2(O)CN3CCC2CC3)cc1. The zero-order valence-corrected chi connectivity index (χ0v) is 18.0. The largest absolute Gasteiger partial charge is 0.497 e. The van der Waals surface area contributed by atoms with Gasteiger partial charge in [0.05, 0.1) is 17.6 Å². The Morgan fingerprint density at radius 3 is 2.52 bits per heavy atom. The molecule has 29 heavy (non-hydrogen) atoms. The van der Waals surface area contributed by atoms with Gasteiger partial charge in [-0.05, 0) is 62.5 Å². The zero-order valence-electron chi connectivity index (χ0n) is 17.1. The highest BCUT2D eigenvalue weighted by Gasteiger charge is 2.45. The van der Waals surface area contributed by atoms with Crippen LogP contribution < -0.4 is 10.1 Å². The number of carbonyl (C=O) groups is 1. The maximum Gasteiger partial charge on any atom is 0.242 e. The van der Waals surface area contributed by atoms with Crippen LogP contribution in [0.2, 0.25) is 0 Å². The van der Waals surface area contributed by atoms with Crippen molar-refractivity contribution in [3.05, 3.63) is 24.3 Å². The van der Waals surface area contributed by atoms with Gasteiger partial charge in [0.25, 0.3) is 0 Å². The number of nitrogens with zero attached hydrogens (tertiary/aromatic N) is 2. The monoisotopic (exact) mass is 425 g/mol. The van der Waals surface area contributed by atoms with E-state index >= 15 is 0 Å². The molecule has 9 heteroatoms. The van der Waals surface area contributed by atoms with Crippen LogP contribution in [-0.2, 0) is 14.8 Å². The molecule has 3 aliphatic heterocycles. The standard InChI is InChI=1S/C20H31N3O5S/c1-22(29(26,27)18-7-5-17(28-2)6-8-18)11-3-4-19(24)21-14-20(25)15-23-12-9-16(20)10-13-23/h5-8,16,25H,3-4,9-15H2,1-2H3,(H,21,24). The molecule has 4 rings (SSSR count). The number of piperidine rings is 3. The summed E-state index contributed by atoms with van der Waals surface area (Å²) in [5.41, 5.74) is -0.847.